The number of carbonyl (C=O) groups is 4. The summed E-state index contributed by atoms with van der Waals surface area (Å²) in [4.78, 5) is 51.2. The van der Waals surface area contributed by atoms with Gasteiger partial charge in [-0.3, -0.25) is 14.4 Å². The number of carbonyl (C=O) groups excluding carboxylic acids is 3. The highest BCUT2D eigenvalue weighted by atomic mass is 16.7. The minimum absolute atomic E-state index is 0.0361. The number of hydrogen-bond donors (Lipinski definition) is 3. The van der Waals surface area contributed by atoms with Gasteiger partial charge in [0.2, 0.25) is 0 Å². The molecule has 0 amide bonds. The zero-order chi connectivity index (χ0) is 58.9. The zero-order valence-corrected chi connectivity index (χ0v) is 49.7. The van der Waals surface area contributed by atoms with Gasteiger partial charge >= 0.3 is 23.9 Å². The summed E-state index contributed by atoms with van der Waals surface area (Å²) in [5, 5.41) is 31.5. The molecule has 0 bridgehead atoms. The van der Waals surface area contributed by atoms with Crippen molar-refractivity contribution in [3.8, 4) is 0 Å². The number of rotatable bonds is 49. The third-order valence-electron chi connectivity index (χ3n) is 12.6. The second-order valence-electron chi connectivity index (χ2n) is 19.9. The Bertz CT molecular complexity index is 2010. The minimum atomic E-state index is -1.94. The van der Waals surface area contributed by atoms with E-state index >= 15 is 0 Å². The molecule has 1 aliphatic rings. The average molecular weight is 1130 g/mol. The van der Waals surface area contributed by atoms with Gasteiger partial charge in [-0.25, -0.2) is 4.79 Å². The summed E-state index contributed by atoms with van der Waals surface area (Å²) >= 11 is 0. The van der Waals surface area contributed by atoms with Crippen molar-refractivity contribution >= 4 is 23.9 Å². The maximum atomic E-state index is 13.2. The van der Waals surface area contributed by atoms with Crippen LogP contribution in [0.5, 0.6) is 0 Å². The standard InChI is InChI=1S/C69H104O12/c1-4-7-10-13-16-19-22-25-28-30-31-33-35-37-40-43-46-49-52-55-61(70)77-58-60(79-62(71)56-53-50-47-44-41-38-34-27-24-21-18-15-12-9-6-3)59-78-69-67(65(74)64(73)66(81-69)68(75)76)80-63(72)57-54-51-48-45-42-39-36-32-29-26-23-20-17-14-11-8-5-2/h7-8,10-11,16-21,25-29,31,33-34,36-37,39-40,45-46,48-49,60,64-67,69,73-74H,4-6,9,12-15,22-24,30,32,35,38,41-44,47,50-59H2,1-3H3,(H,75,76)/b10-7-,11-8-,19-16-,20-17-,21-18-,28-25-,29-26-,33-31-,34-27-,39-36-,40-37-,48-45-,49-46-. The molecule has 1 heterocycles. The first-order valence-electron chi connectivity index (χ1n) is 30.5. The van der Waals surface area contributed by atoms with Crippen LogP contribution in [0.3, 0.4) is 0 Å². The van der Waals surface area contributed by atoms with Crippen molar-refractivity contribution in [1.82, 2.24) is 0 Å². The van der Waals surface area contributed by atoms with Crippen LogP contribution in [-0.2, 0) is 42.9 Å². The lowest BCUT2D eigenvalue weighted by Crippen LogP contribution is -2.61. The number of carboxylic acid groups (broad SMARTS) is 1. The van der Waals surface area contributed by atoms with Crippen molar-refractivity contribution in [3.63, 3.8) is 0 Å². The minimum Gasteiger partial charge on any atom is -0.479 e. The quantitative estimate of drug-likeness (QED) is 0.0228. The fraction of sp³-hybridized carbons (Fsp3) is 0.565. The van der Waals surface area contributed by atoms with Gasteiger partial charge in [0.05, 0.1) is 6.61 Å². The van der Waals surface area contributed by atoms with Crippen LogP contribution in [0.1, 0.15) is 201 Å². The molecule has 6 unspecified atom stereocenters. The molecule has 12 heteroatoms. The lowest BCUT2D eigenvalue weighted by molar-refractivity contribution is -0.301. The molecule has 452 valence electrons. The van der Waals surface area contributed by atoms with E-state index in [1.807, 2.05) is 24.3 Å². The maximum Gasteiger partial charge on any atom is 0.335 e. The first-order valence-corrected chi connectivity index (χ1v) is 30.5. The molecule has 0 aromatic carbocycles. The van der Waals surface area contributed by atoms with E-state index in [2.05, 4.69) is 154 Å². The van der Waals surface area contributed by atoms with Crippen LogP contribution in [0, 0.1) is 0 Å². The third kappa shape index (κ3) is 44.7. The summed E-state index contributed by atoms with van der Waals surface area (Å²) in [7, 11) is 0. The van der Waals surface area contributed by atoms with Gasteiger partial charge in [-0.05, 0) is 128 Å². The van der Waals surface area contributed by atoms with Crippen molar-refractivity contribution < 1.29 is 58.2 Å². The number of aliphatic hydroxyl groups excluding tert-OH is 2. The predicted molar refractivity (Wildman–Crippen MR) is 330 cm³/mol. The predicted octanol–water partition coefficient (Wildman–Crippen LogP) is 16.1. The fourth-order valence-corrected chi connectivity index (χ4v) is 7.99. The number of unbranched alkanes of at least 4 members (excludes halogenated alkanes) is 9. The Labute approximate surface area is 488 Å². The lowest BCUT2D eigenvalue weighted by atomic mass is 9.98. The van der Waals surface area contributed by atoms with E-state index < -0.39 is 67.3 Å². The average Bonchev–Trinajstić information content (AvgIpc) is 3.53. The van der Waals surface area contributed by atoms with Crippen molar-refractivity contribution in [1.29, 1.82) is 0 Å². The number of ether oxygens (including phenoxy) is 5. The summed E-state index contributed by atoms with van der Waals surface area (Å²) in [6, 6.07) is 0. The number of esters is 3. The summed E-state index contributed by atoms with van der Waals surface area (Å²) in [5.74, 6) is -3.36. The van der Waals surface area contributed by atoms with Gasteiger partial charge in [0.1, 0.15) is 18.8 Å². The topological polar surface area (TPSA) is 175 Å². The van der Waals surface area contributed by atoms with Gasteiger partial charge in [-0.2, -0.15) is 0 Å². The number of aliphatic hydroxyl groups is 2. The van der Waals surface area contributed by atoms with Crippen LogP contribution in [0.2, 0.25) is 0 Å². The Hall–Kier alpha value is -5.66. The van der Waals surface area contributed by atoms with Gasteiger partial charge in [-0.1, -0.05) is 211 Å². The zero-order valence-electron chi connectivity index (χ0n) is 49.7. The first-order chi connectivity index (χ1) is 39.6. The van der Waals surface area contributed by atoms with Crippen LogP contribution in [0.25, 0.3) is 0 Å². The molecule has 12 nitrogen and oxygen atoms in total. The highest BCUT2D eigenvalue weighted by molar-refractivity contribution is 5.74. The summed E-state index contributed by atoms with van der Waals surface area (Å²) in [5.41, 5.74) is 0. The second-order valence-corrected chi connectivity index (χ2v) is 19.9. The largest absolute Gasteiger partial charge is 0.479 e. The second kappa shape index (κ2) is 54.9. The molecular formula is C69H104O12. The Morgan fingerprint density at radius 3 is 1.27 bits per heavy atom. The molecule has 1 rings (SSSR count). The highest BCUT2D eigenvalue weighted by Crippen LogP contribution is 2.26. The number of hydrogen-bond acceptors (Lipinski definition) is 11. The van der Waals surface area contributed by atoms with E-state index in [-0.39, 0.29) is 25.9 Å². The van der Waals surface area contributed by atoms with Gasteiger partial charge in [-0.15, -0.1) is 0 Å². The molecule has 0 saturated carbocycles. The van der Waals surface area contributed by atoms with E-state index in [1.54, 1.807) is 0 Å². The molecule has 0 aromatic rings. The molecule has 1 aliphatic heterocycles. The summed E-state index contributed by atoms with van der Waals surface area (Å²) in [6.07, 6.45) is 67.9. The highest BCUT2D eigenvalue weighted by Gasteiger charge is 2.50. The van der Waals surface area contributed by atoms with Crippen LogP contribution in [0.15, 0.2) is 158 Å². The van der Waals surface area contributed by atoms with Crippen LogP contribution < -0.4 is 0 Å². The smallest absolute Gasteiger partial charge is 0.335 e. The maximum absolute atomic E-state index is 13.2. The molecule has 1 saturated heterocycles. The van der Waals surface area contributed by atoms with Crippen molar-refractivity contribution in [2.24, 2.45) is 0 Å². The van der Waals surface area contributed by atoms with E-state index in [0.717, 1.165) is 109 Å². The molecule has 0 aliphatic carbocycles. The molecule has 6 atom stereocenters. The molecule has 81 heavy (non-hydrogen) atoms. The van der Waals surface area contributed by atoms with Crippen molar-refractivity contribution in [2.45, 2.75) is 237 Å². The summed E-state index contributed by atoms with van der Waals surface area (Å²) < 4.78 is 28.3. The van der Waals surface area contributed by atoms with Crippen molar-refractivity contribution in [3.05, 3.63) is 158 Å². The Morgan fingerprint density at radius 2 is 0.815 bits per heavy atom. The van der Waals surface area contributed by atoms with Crippen LogP contribution in [0.4, 0.5) is 0 Å². The van der Waals surface area contributed by atoms with Crippen molar-refractivity contribution in [2.75, 3.05) is 13.2 Å². The Morgan fingerprint density at radius 1 is 0.420 bits per heavy atom. The SMILES string of the molecule is CC/C=C\C/C=C\C/C=C\C/C=C\C/C=C\C/C=C\CCC(=O)OCC(COC1OC(C(=O)O)C(O)C(O)C1OC(=O)CCC/C=C\C/C=C\C/C=C\C/C=C\C/C=C\CC)OC(=O)CCCCCCC/C=C\C/C=C\CCCCC. The van der Waals surface area contributed by atoms with Crippen LogP contribution >= 0.6 is 0 Å². The Kier molecular flexibility index (Phi) is 49.7. The van der Waals surface area contributed by atoms with Gasteiger partial charge < -0.3 is 39.0 Å². The fourth-order valence-electron chi connectivity index (χ4n) is 7.99. The van der Waals surface area contributed by atoms with Crippen LogP contribution in [-0.4, -0.2) is 89.2 Å². The normalized spacial score (nSPS) is 18.9. The molecule has 1 fully saturated rings. The number of allylic oxidation sites excluding steroid dienone is 26. The molecule has 0 spiro atoms. The summed E-state index contributed by atoms with van der Waals surface area (Å²) in [6.45, 7) is 5.62. The van der Waals surface area contributed by atoms with E-state index in [4.69, 9.17) is 23.7 Å². The molecular weight excluding hydrogens is 1020 g/mol. The van der Waals surface area contributed by atoms with E-state index in [9.17, 15) is 34.5 Å². The molecule has 0 aromatic heterocycles. The molecule has 3 N–H and O–H groups in total. The van der Waals surface area contributed by atoms with E-state index in [0.29, 0.717) is 32.1 Å². The lowest BCUT2D eigenvalue weighted by Gasteiger charge is -2.40. The number of carboxylic acids is 1. The third-order valence-corrected chi connectivity index (χ3v) is 12.6. The van der Waals surface area contributed by atoms with Gasteiger partial charge in [0.15, 0.2) is 24.6 Å². The van der Waals surface area contributed by atoms with Gasteiger partial charge in [0.25, 0.3) is 0 Å². The van der Waals surface area contributed by atoms with E-state index in [1.165, 1.54) is 19.3 Å². The molecule has 0 radical (unpaired) electrons. The number of aliphatic carboxylic acids is 1. The first kappa shape index (κ1) is 73.4. The Balaban J connectivity index is 2.79. The van der Waals surface area contributed by atoms with Gasteiger partial charge in [0, 0.05) is 19.3 Å². The monoisotopic (exact) mass is 1120 g/mol.